The number of aromatic nitrogens is 3. The first-order chi connectivity index (χ1) is 13.6. The highest BCUT2D eigenvalue weighted by Gasteiger charge is 2.36. The van der Waals surface area contributed by atoms with Gasteiger partial charge in [-0.2, -0.15) is 5.10 Å². The summed E-state index contributed by atoms with van der Waals surface area (Å²) in [6.07, 6.45) is 0. The second-order valence-electron chi connectivity index (χ2n) is 7.14. The minimum absolute atomic E-state index is 0.0126. The average Bonchev–Trinajstić information content (AvgIpc) is 3.31. The van der Waals surface area contributed by atoms with Crippen molar-refractivity contribution in [2.24, 2.45) is 0 Å². The zero-order valence-electron chi connectivity index (χ0n) is 15.6. The number of amides is 1. The number of halogens is 1. The summed E-state index contributed by atoms with van der Waals surface area (Å²) in [6.45, 7) is 3.89. The number of carbonyl (C=O) groups is 1. The van der Waals surface area contributed by atoms with Gasteiger partial charge in [0.15, 0.2) is 5.82 Å². The van der Waals surface area contributed by atoms with Gasteiger partial charge in [-0.1, -0.05) is 54.1 Å². The van der Waals surface area contributed by atoms with E-state index in [1.807, 2.05) is 54.6 Å². The summed E-state index contributed by atoms with van der Waals surface area (Å²) in [4.78, 5) is 18.7. The van der Waals surface area contributed by atoms with E-state index in [1.54, 1.807) is 6.92 Å². The first-order valence-electron chi connectivity index (χ1n) is 9.30. The van der Waals surface area contributed by atoms with Crippen LogP contribution in [-0.4, -0.2) is 45.1 Å². The number of benzene rings is 2. The number of hydrogen-bond donors (Lipinski definition) is 2. The van der Waals surface area contributed by atoms with Gasteiger partial charge in [-0.15, -0.1) is 0 Å². The van der Waals surface area contributed by atoms with Crippen molar-refractivity contribution < 1.29 is 4.79 Å². The van der Waals surface area contributed by atoms with Gasteiger partial charge in [-0.05, 0) is 17.7 Å². The topological polar surface area (TPSA) is 73.9 Å². The maximum atomic E-state index is 11.7. The highest BCUT2D eigenvalue weighted by molar-refractivity contribution is 6.30. The van der Waals surface area contributed by atoms with Crippen molar-refractivity contribution in [2.75, 3.05) is 13.1 Å². The van der Waals surface area contributed by atoms with Crippen LogP contribution >= 0.6 is 11.6 Å². The smallest absolute Gasteiger partial charge is 0.217 e. The second-order valence-corrected chi connectivity index (χ2v) is 7.58. The van der Waals surface area contributed by atoms with Gasteiger partial charge in [0.1, 0.15) is 5.82 Å². The fourth-order valence-electron chi connectivity index (χ4n) is 3.70. The Kier molecular flexibility index (Phi) is 5.41. The predicted octanol–water partition coefficient (Wildman–Crippen LogP) is 3.23. The molecule has 1 aromatic heterocycles. The Labute approximate surface area is 168 Å². The fraction of sp³-hybridized carbons (Fsp3) is 0.286. The lowest BCUT2D eigenvalue weighted by Crippen LogP contribution is -2.38. The summed E-state index contributed by atoms with van der Waals surface area (Å²) in [5.41, 5.74) is 2.16. The monoisotopic (exact) mass is 395 g/mol. The first kappa shape index (κ1) is 18.7. The Morgan fingerprint density at radius 1 is 1.18 bits per heavy atom. The number of hydrogen-bond acceptors (Lipinski definition) is 4. The SMILES string of the molecule is CC(=O)N[C@@H]1CN(Cc2ccc(Cl)cc2)C[C@H]1c1nc(-c2ccccc2)n[nH]1. The Morgan fingerprint density at radius 3 is 2.64 bits per heavy atom. The Balaban J connectivity index is 1.53. The third-order valence-electron chi connectivity index (χ3n) is 4.99. The molecule has 2 atom stereocenters. The molecule has 0 spiro atoms. The van der Waals surface area contributed by atoms with Crippen molar-refractivity contribution in [3.63, 3.8) is 0 Å². The number of H-pyrrole nitrogens is 1. The normalized spacial score (nSPS) is 19.6. The molecule has 28 heavy (non-hydrogen) atoms. The zero-order chi connectivity index (χ0) is 19.5. The molecule has 1 amide bonds. The maximum absolute atomic E-state index is 11.7. The molecule has 1 saturated heterocycles. The number of nitrogens with zero attached hydrogens (tertiary/aromatic N) is 3. The molecule has 0 saturated carbocycles. The molecule has 0 bridgehead atoms. The summed E-state index contributed by atoms with van der Waals surface area (Å²) < 4.78 is 0. The van der Waals surface area contributed by atoms with Gasteiger partial charge in [0.25, 0.3) is 0 Å². The van der Waals surface area contributed by atoms with Crippen molar-refractivity contribution in [3.8, 4) is 11.4 Å². The van der Waals surface area contributed by atoms with Gasteiger partial charge in [0, 0.05) is 37.1 Å². The summed E-state index contributed by atoms with van der Waals surface area (Å²) in [5, 5.41) is 11.3. The lowest BCUT2D eigenvalue weighted by atomic mass is 10.0. The van der Waals surface area contributed by atoms with Crippen molar-refractivity contribution in [3.05, 3.63) is 71.0 Å². The summed E-state index contributed by atoms with van der Waals surface area (Å²) in [7, 11) is 0. The number of aromatic amines is 1. The van der Waals surface area contributed by atoms with Crippen LogP contribution in [0.2, 0.25) is 5.02 Å². The van der Waals surface area contributed by atoms with Gasteiger partial charge in [-0.3, -0.25) is 14.8 Å². The van der Waals surface area contributed by atoms with Gasteiger partial charge < -0.3 is 5.32 Å². The third-order valence-corrected chi connectivity index (χ3v) is 5.24. The summed E-state index contributed by atoms with van der Waals surface area (Å²) in [6, 6.07) is 17.7. The van der Waals surface area contributed by atoms with Crippen molar-refractivity contribution in [1.29, 1.82) is 0 Å². The molecule has 1 fully saturated rings. The van der Waals surface area contributed by atoms with Crippen LogP contribution in [0.5, 0.6) is 0 Å². The van der Waals surface area contributed by atoms with Crippen molar-refractivity contribution in [1.82, 2.24) is 25.4 Å². The third kappa shape index (κ3) is 4.24. The Hall–Kier alpha value is -2.70. The zero-order valence-corrected chi connectivity index (χ0v) is 16.4. The van der Waals surface area contributed by atoms with E-state index in [9.17, 15) is 4.79 Å². The lowest BCUT2D eigenvalue weighted by molar-refractivity contribution is -0.119. The molecular formula is C21H22ClN5O. The number of nitrogens with one attached hydrogen (secondary N) is 2. The van der Waals surface area contributed by atoms with Crippen LogP contribution in [0.4, 0.5) is 0 Å². The summed E-state index contributed by atoms with van der Waals surface area (Å²) in [5.74, 6) is 1.50. The first-order valence-corrected chi connectivity index (χ1v) is 9.68. The van der Waals surface area contributed by atoms with E-state index in [2.05, 4.69) is 20.4 Å². The quantitative estimate of drug-likeness (QED) is 0.695. The molecule has 6 nitrogen and oxygen atoms in total. The van der Waals surface area contributed by atoms with E-state index in [4.69, 9.17) is 16.6 Å². The molecule has 0 radical (unpaired) electrons. The molecule has 2 aromatic carbocycles. The average molecular weight is 396 g/mol. The minimum atomic E-state index is -0.0360. The van der Waals surface area contributed by atoms with Gasteiger partial charge in [0.2, 0.25) is 5.91 Å². The van der Waals surface area contributed by atoms with Crippen molar-refractivity contribution >= 4 is 17.5 Å². The molecule has 0 aliphatic carbocycles. The standard InChI is InChI=1S/C21H22ClN5O/c1-14(28)23-19-13-27(11-15-7-9-17(22)10-8-15)12-18(19)21-24-20(25-26-21)16-5-3-2-4-6-16/h2-10,18-19H,11-13H2,1H3,(H,23,28)(H,24,25,26)/t18-,19-/m1/s1. The van der Waals surface area contributed by atoms with Gasteiger partial charge in [-0.25, -0.2) is 4.98 Å². The van der Waals surface area contributed by atoms with Gasteiger partial charge in [0.05, 0.1) is 12.0 Å². The fourth-order valence-corrected chi connectivity index (χ4v) is 3.83. The molecule has 144 valence electrons. The number of carbonyl (C=O) groups excluding carboxylic acids is 1. The van der Waals surface area contributed by atoms with E-state index in [0.29, 0.717) is 5.82 Å². The Bertz CT molecular complexity index is 941. The highest BCUT2D eigenvalue weighted by atomic mass is 35.5. The van der Waals surface area contributed by atoms with Crippen LogP contribution in [-0.2, 0) is 11.3 Å². The van der Waals surface area contributed by atoms with Crippen LogP contribution in [0.1, 0.15) is 24.2 Å². The largest absolute Gasteiger partial charge is 0.352 e. The molecule has 4 rings (SSSR count). The molecule has 2 N–H and O–H groups in total. The van der Waals surface area contributed by atoms with Gasteiger partial charge >= 0.3 is 0 Å². The number of likely N-dealkylation sites (tertiary alicyclic amines) is 1. The summed E-state index contributed by atoms with van der Waals surface area (Å²) >= 11 is 5.98. The molecule has 7 heteroatoms. The molecular weight excluding hydrogens is 374 g/mol. The molecule has 0 unspecified atom stereocenters. The maximum Gasteiger partial charge on any atom is 0.217 e. The van der Waals surface area contributed by atoms with Crippen LogP contribution in [0, 0.1) is 0 Å². The van der Waals surface area contributed by atoms with E-state index in [1.165, 1.54) is 5.56 Å². The molecule has 1 aliphatic rings. The second kappa shape index (κ2) is 8.12. The van der Waals surface area contributed by atoms with Crippen LogP contribution in [0.25, 0.3) is 11.4 Å². The van der Waals surface area contributed by atoms with Crippen molar-refractivity contribution in [2.45, 2.75) is 25.4 Å². The minimum Gasteiger partial charge on any atom is -0.352 e. The highest BCUT2D eigenvalue weighted by Crippen LogP contribution is 2.28. The van der Waals surface area contributed by atoms with Crippen LogP contribution < -0.4 is 5.32 Å². The predicted molar refractivity (Wildman–Crippen MR) is 109 cm³/mol. The van der Waals surface area contributed by atoms with Crippen LogP contribution in [0.15, 0.2) is 54.6 Å². The van der Waals surface area contributed by atoms with Crippen LogP contribution in [0.3, 0.4) is 0 Å². The van der Waals surface area contributed by atoms with E-state index < -0.39 is 0 Å². The molecule has 1 aliphatic heterocycles. The lowest BCUT2D eigenvalue weighted by Gasteiger charge is -2.17. The molecule has 3 aromatic rings. The number of rotatable bonds is 5. The van der Waals surface area contributed by atoms with E-state index in [-0.39, 0.29) is 17.9 Å². The Morgan fingerprint density at radius 2 is 1.93 bits per heavy atom. The van der Waals surface area contributed by atoms with E-state index >= 15 is 0 Å². The van der Waals surface area contributed by atoms with E-state index in [0.717, 1.165) is 36.0 Å². The molecule has 2 heterocycles.